The highest BCUT2D eigenvalue weighted by molar-refractivity contribution is 7.89. The van der Waals surface area contributed by atoms with Crippen molar-refractivity contribution in [2.24, 2.45) is 0 Å². The molecule has 170 valence electrons. The average Bonchev–Trinajstić information content (AvgIpc) is 3.25. The van der Waals surface area contributed by atoms with Gasteiger partial charge in [-0.05, 0) is 37.3 Å². The van der Waals surface area contributed by atoms with Crippen LogP contribution in [0.25, 0.3) is 17.0 Å². The summed E-state index contributed by atoms with van der Waals surface area (Å²) in [5.74, 6) is 1.27. The van der Waals surface area contributed by atoms with Crippen molar-refractivity contribution in [3.8, 4) is 23.0 Å². The first kappa shape index (κ1) is 22.4. The summed E-state index contributed by atoms with van der Waals surface area (Å²) in [5.41, 5.74) is 1.69. The lowest BCUT2D eigenvalue weighted by Gasteiger charge is -2.09. The van der Waals surface area contributed by atoms with Crippen LogP contribution >= 0.6 is 0 Å². The summed E-state index contributed by atoms with van der Waals surface area (Å²) < 4.78 is 39.9. The van der Waals surface area contributed by atoms with E-state index in [1.807, 2.05) is 24.3 Å². The van der Waals surface area contributed by atoms with Crippen molar-refractivity contribution in [3.63, 3.8) is 0 Å². The standard InChI is InChI=1S/C22H21N5O5S/c1-15(28)16-7-9-17(10-8-16)33(29,30)23-13-14-32-21-12-11-20-24-25-22(27(20)26-21)18-5-3-4-6-19(18)31-2/h3-12,23H,13-14H2,1-2H3. The average molecular weight is 468 g/mol. The lowest BCUT2D eigenvalue weighted by atomic mass is 10.2. The molecule has 0 aliphatic heterocycles. The van der Waals surface area contributed by atoms with Crippen LogP contribution in [-0.2, 0) is 10.0 Å². The second-order valence-electron chi connectivity index (χ2n) is 6.99. The maximum atomic E-state index is 12.4. The van der Waals surface area contributed by atoms with E-state index in [0.717, 1.165) is 5.56 Å². The maximum Gasteiger partial charge on any atom is 0.240 e. The van der Waals surface area contributed by atoms with Gasteiger partial charge in [-0.15, -0.1) is 15.3 Å². The molecular formula is C22H21N5O5S. The molecule has 2 heterocycles. The van der Waals surface area contributed by atoms with Gasteiger partial charge in [-0.1, -0.05) is 24.3 Å². The SMILES string of the molecule is COc1ccccc1-c1nnc2ccc(OCCNS(=O)(=O)c3ccc(C(C)=O)cc3)nn12. The summed E-state index contributed by atoms with van der Waals surface area (Å²) in [6.45, 7) is 1.50. The molecule has 0 spiro atoms. The number of methoxy groups -OCH3 is 1. The maximum absolute atomic E-state index is 12.4. The van der Waals surface area contributed by atoms with Crippen molar-refractivity contribution < 1.29 is 22.7 Å². The molecular weight excluding hydrogens is 446 g/mol. The zero-order chi connectivity index (χ0) is 23.4. The first-order valence-corrected chi connectivity index (χ1v) is 11.5. The van der Waals surface area contributed by atoms with Crippen LogP contribution in [0, 0.1) is 0 Å². The van der Waals surface area contributed by atoms with Crippen LogP contribution in [-0.4, -0.2) is 54.3 Å². The van der Waals surface area contributed by atoms with E-state index in [-0.39, 0.29) is 29.7 Å². The Kier molecular flexibility index (Phi) is 6.33. The Bertz CT molecular complexity index is 1400. The fourth-order valence-electron chi connectivity index (χ4n) is 3.13. The number of carbonyl (C=O) groups excluding carboxylic acids is 1. The molecule has 11 heteroatoms. The molecule has 0 aliphatic rings. The predicted molar refractivity (Wildman–Crippen MR) is 120 cm³/mol. The van der Waals surface area contributed by atoms with Gasteiger partial charge in [0.2, 0.25) is 15.9 Å². The number of ether oxygens (including phenoxy) is 2. The van der Waals surface area contributed by atoms with Crippen LogP contribution in [0.1, 0.15) is 17.3 Å². The summed E-state index contributed by atoms with van der Waals surface area (Å²) in [4.78, 5) is 11.4. The number of carbonyl (C=O) groups is 1. The quantitative estimate of drug-likeness (QED) is 0.294. The normalized spacial score (nSPS) is 11.5. The molecule has 10 nitrogen and oxygen atoms in total. The van der Waals surface area contributed by atoms with Crippen LogP contribution in [0.5, 0.6) is 11.6 Å². The highest BCUT2D eigenvalue weighted by atomic mass is 32.2. The van der Waals surface area contributed by atoms with Crippen molar-refractivity contribution in [2.45, 2.75) is 11.8 Å². The molecule has 33 heavy (non-hydrogen) atoms. The molecule has 2 aromatic carbocycles. The van der Waals surface area contributed by atoms with Gasteiger partial charge in [-0.2, -0.15) is 4.52 Å². The predicted octanol–water partition coefficient (Wildman–Crippen LogP) is 2.36. The number of hydrogen-bond acceptors (Lipinski definition) is 8. The molecule has 4 rings (SSSR count). The minimum absolute atomic E-state index is 0.0258. The molecule has 4 aromatic rings. The summed E-state index contributed by atoms with van der Waals surface area (Å²) in [7, 11) is -2.16. The van der Waals surface area contributed by atoms with Crippen LogP contribution in [0.2, 0.25) is 0 Å². The van der Waals surface area contributed by atoms with Gasteiger partial charge in [0.1, 0.15) is 12.4 Å². The molecule has 1 N–H and O–H groups in total. The summed E-state index contributed by atoms with van der Waals surface area (Å²) >= 11 is 0. The Labute approximate surface area is 190 Å². The number of benzene rings is 2. The molecule has 0 bridgehead atoms. The van der Waals surface area contributed by atoms with Gasteiger partial charge >= 0.3 is 0 Å². The summed E-state index contributed by atoms with van der Waals surface area (Å²) in [5, 5.41) is 12.7. The fraction of sp³-hybridized carbons (Fsp3) is 0.182. The van der Waals surface area contributed by atoms with E-state index in [1.54, 1.807) is 19.2 Å². The highest BCUT2D eigenvalue weighted by Gasteiger charge is 2.16. The number of rotatable bonds is 9. The molecule has 0 aliphatic carbocycles. The van der Waals surface area contributed by atoms with Gasteiger partial charge in [-0.3, -0.25) is 4.79 Å². The van der Waals surface area contributed by atoms with Gasteiger partial charge in [0, 0.05) is 18.2 Å². The molecule has 0 amide bonds. The minimum atomic E-state index is -3.73. The number of ketones is 1. The van der Waals surface area contributed by atoms with E-state index in [1.165, 1.54) is 35.7 Å². The van der Waals surface area contributed by atoms with Gasteiger partial charge in [-0.25, -0.2) is 13.1 Å². The van der Waals surface area contributed by atoms with E-state index in [2.05, 4.69) is 20.0 Å². The number of aromatic nitrogens is 4. The second-order valence-corrected chi connectivity index (χ2v) is 8.76. The number of nitrogens with zero attached hydrogens (tertiary/aromatic N) is 4. The Morgan fingerprint density at radius 1 is 1.03 bits per heavy atom. The monoisotopic (exact) mass is 467 g/mol. The zero-order valence-corrected chi connectivity index (χ0v) is 18.7. The van der Waals surface area contributed by atoms with E-state index in [0.29, 0.717) is 22.8 Å². The van der Waals surface area contributed by atoms with E-state index >= 15 is 0 Å². The molecule has 0 unspecified atom stereocenters. The van der Waals surface area contributed by atoms with Crippen molar-refractivity contribution >= 4 is 21.5 Å². The van der Waals surface area contributed by atoms with Crippen LogP contribution in [0.4, 0.5) is 0 Å². The van der Waals surface area contributed by atoms with Gasteiger partial charge in [0.05, 0.1) is 17.6 Å². The highest BCUT2D eigenvalue weighted by Crippen LogP contribution is 2.28. The zero-order valence-electron chi connectivity index (χ0n) is 17.9. The number of Topliss-reactive ketones (excluding diaryl/α,β-unsaturated/α-hetero) is 1. The Morgan fingerprint density at radius 2 is 1.79 bits per heavy atom. The Hall–Kier alpha value is -3.83. The number of hydrogen-bond donors (Lipinski definition) is 1. The van der Waals surface area contributed by atoms with Gasteiger partial charge in [0.15, 0.2) is 17.3 Å². The summed E-state index contributed by atoms with van der Waals surface area (Å²) in [6, 6.07) is 16.4. The minimum Gasteiger partial charge on any atom is -0.496 e. The van der Waals surface area contributed by atoms with E-state index < -0.39 is 10.0 Å². The number of para-hydroxylation sites is 1. The van der Waals surface area contributed by atoms with Gasteiger partial charge in [0.25, 0.3) is 0 Å². The van der Waals surface area contributed by atoms with E-state index in [4.69, 9.17) is 9.47 Å². The van der Waals surface area contributed by atoms with Crippen LogP contribution < -0.4 is 14.2 Å². The second kappa shape index (κ2) is 9.35. The van der Waals surface area contributed by atoms with Crippen molar-refractivity contribution in [2.75, 3.05) is 20.3 Å². The van der Waals surface area contributed by atoms with Crippen molar-refractivity contribution in [1.82, 2.24) is 24.5 Å². The molecule has 0 saturated heterocycles. The summed E-state index contributed by atoms with van der Waals surface area (Å²) in [6.07, 6.45) is 0. The topological polar surface area (TPSA) is 125 Å². The first-order chi connectivity index (χ1) is 15.9. The lowest BCUT2D eigenvalue weighted by Crippen LogP contribution is -2.28. The number of nitrogens with one attached hydrogen (secondary N) is 1. The van der Waals surface area contributed by atoms with E-state index in [9.17, 15) is 13.2 Å². The third-order valence-electron chi connectivity index (χ3n) is 4.80. The number of fused-ring (bicyclic) bond motifs is 1. The molecule has 0 radical (unpaired) electrons. The van der Waals surface area contributed by atoms with Crippen LogP contribution in [0.15, 0.2) is 65.6 Å². The lowest BCUT2D eigenvalue weighted by molar-refractivity contribution is 0.101. The van der Waals surface area contributed by atoms with Crippen molar-refractivity contribution in [1.29, 1.82) is 0 Å². The Balaban J connectivity index is 1.43. The molecule has 0 fully saturated rings. The Morgan fingerprint density at radius 3 is 2.52 bits per heavy atom. The van der Waals surface area contributed by atoms with Crippen LogP contribution in [0.3, 0.4) is 0 Å². The molecule has 2 aromatic heterocycles. The smallest absolute Gasteiger partial charge is 0.240 e. The molecule has 0 atom stereocenters. The third-order valence-corrected chi connectivity index (χ3v) is 6.28. The van der Waals surface area contributed by atoms with Crippen molar-refractivity contribution in [3.05, 3.63) is 66.2 Å². The largest absolute Gasteiger partial charge is 0.496 e. The number of sulfonamides is 1. The van der Waals surface area contributed by atoms with Gasteiger partial charge < -0.3 is 9.47 Å². The third kappa shape index (κ3) is 4.83. The first-order valence-electron chi connectivity index (χ1n) is 9.98. The molecule has 0 saturated carbocycles. The fourth-order valence-corrected chi connectivity index (χ4v) is 4.14.